The summed E-state index contributed by atoms with van der Waals surface area (Å²) in [5.41, 5.74) is 3.11. The Morgan fingerprint density at radius 1 is 0.941 bits per heavy atom. The van der Waals surface area contributed by atoms with Gasteiger partial charge in [0.2, 0.25) is 5.78 Å². The van der Waals surface area contributed by atoms with Crippen molar-refractivity contribution in [2.45, 2.75) is 71.3 Å². The third-order valence-corrected chi connectivity index (χ3v) is 8.91. The largest absolute Gasteiger partial charge is 0.477 e. The fourth-order valence-corrected chi connectivity index (χ4v) is 7.21. The summed E-state index contributed by atoms with van der Waals surface area (Å²) in [5.74, 6) is -0.715. The molecule has 1 aromatic heterocycles. The Kier molecular flexibility index (Phi) is 7.06. The molecule has 34 heavy (non-hydrogen) atoms. The van der Waals surface area contributed by atoms with E-state index < -0.39 is 16.6 Å². The molecule has 0 saturated heterocycles. The number of aromatic carboxylic acids is 1. The van der Waals surface area contributed by atoms with Crippen LogP contribution in [0.4, 0.5) is 0 Å². The number of rotatable bonds is 6. The Morgan fingerprint density at radius 3 is 2.12 bits per heavy atom. The zero-order valence-electron chi connectivity index (χ0n) is 20.5. The molecule has 2 aromatic carbocycles. The Balaban J connectivity index is 1.83. The number of carbonyl (C=O) groups is 2. The van der Waals surface area contributed by atoms with Gasteiger partial charge in [-0.1, -0.05) is 73.9 Å². The highest BCUT2D eigenvalue weighted by atomic mass is 32.2. The number of hydrogen-bond donors (Lipinski definition) is 2. The molecule has 1 unspecified atom stereocenters. The minimum Gasteiger partial charge on any atom is -0.477 e. The Hall–Kier alpha value is -2.76. The van der Waals surface area contributed by atoms with Gasteiger partial charge >= 0.3 is 5.97 Å². The summed E-state index contributed by atoms with van der Waals surface area (Å²) in [7, 11) is -0.822. The molecule has 1 saturated carbocycles. The summed E-state index contributed by atoms with van der Waals surface area (Å²) in [6.07, 6.45) is 6.22. The van der Waals surface area contributed by atoms with Gasteiger partial charge in [0.25, 0.3) is 4.88 Å². The zero-order chi connectivity index (χ0) is 24.5. The molecule has 3 aromatic rings. The van der Waals surface area contributed by atoms with E-state index in [2.05, 4.69) is 16.9 Å². The van der Waals surface area contributed by atoms with E-state index in [1.165, 1.54) is 37.7 Å². The van der Waals surface area contributed by atoms with E-state index in [9.17, 15) is 14.7 Å². The van der Waals surface area contributed by atoms with Crippen molar-refractivity contribution in [3.05, 3.63) is 81.0 Å². The molecule has 1 heterocycles. The third kappa shape index (κ3) is 5.01. The first kappa shape index (κ1) is 24.4. The molecule has 0 spiro atoms. The van der Waals surface area contributed by atoms with Crippen LogP contribution in [-0.2, 0) is 0 Å². The van der Waals surface area contributed by atoms with Gasteiger partial charge in [-0.15, -0.1) is 4.72 Å². The van der Waals surface area contributed by atoms with Gasteiger partial charge in [0.05, 0.1) is 21.8 Å². The SMILES string of the molecule is Cc1c(-c2ccccc2)c(C(=O)O)c(C(=O)c2ccc(C3CCCCC3)cc2)[s+]1NC(C)(C)C. The van der Waals surface area contributed by atoms with Crippen LogP contribution in [-0.4, -0.2) is 22.4 Å². The molecule has 4 nitrogen and oxygen atoms in total. The van der Waals surface area contributed by atoms with Crippen molar-refractivity contribution in [2.75, 3.05) is 4.72 Å². The zero-order valence-corrected chi connectivity index (χ0v) is 21.3. The molecule has 1 atom stereocenters. The summed E-state index contributed by atoms with van der Waals surface area (Å²) in [4.78, 5) is 27.7. The minimum absolute atomic E-state index is 0.116. The summed E-state index contributed by atoms with van der Waals surface area (Å²) in [6.45, 7) is 8.06. The molecule has 0 bridgehead atoms. The lowest BCUT2D eigenvalue weighted by Gasteiger charge is -2.22. The number of nitrogens with one attached hydrogen (secondary N) is 1. The highest BCUT2D eigenvalue weighted by Crippen LogP contribution is 2.44. The number of carbonyl (C=O) groups excluding carboxylic acids is 1. The number of ketones is 1. The summed E-state index contributed by atoms with van der Waals surface area (Å²) >= 11 is 0. The van der Waals surface area contributed by atoms with Gasteiger partial charge in [0.1, 0.15) is 5.56 Å². The van der Waals surface area contributed by atoms with Crippen LogP contribution >= 0.6 is 10.7 Å². The first-order chi connectivity index (χ1) is 16.2. The second-order valence-electron chi connectivity index (χ2n) is 10.3. The van der Waals surface area contributed by atoms with Crippen molar-refractivity contribution in [1.82, 2.24) is 0 Å². The number of benzene rings is 2. The summed E-state index contributed by atoms with van der Waals surface area (Å²) in [5, 5.41) is 10.3. The van der Waals surface area contributed by atoms with Crippen LogP contribution in [0.1, 0.15) is 94.8 Å². The maximum Gasteiger partial charge on any atom is 0.342 e. The van der Waals surface area contributed by atoms with Gasteiger partial charge in [0, 0.05) is 12.5 Å². The molecular formula is C29H34NO3S+. The molecule has 5 heteroatoms. The van der Waals surface area contributed by atoms with Crippen LogP contribution in [0.5, 0.6) is 0 Å². The van der Waals surface area contributed by atoms with Crippen LogP contribution in [0.3, 0.4) is 0 Å². The smallest absolute Gasteiger partial charge is 0.342 e. The first-order valence-corrected chi connectivity index (χ1v) is 13.3. The van der Waals surface area contributed by atoms with Gasteiger partial charge < -0.3 is 5.11 Å². The lowest BCUT2D eigenvalue weighted by atomic mass is 9.84. The molecule has 0 amide bonds. The normalized spacial score (nSPS) is 15.4. The number of thiophene rings is 1. The van der Waals surface area contributed by atoms with E-state index in [0.29, 0.717) is 21.9 Å². The predicted molar refractivity (Wildman–Crippen MR) is 141 cm³/mol. The Labute approximate surface area is 205 Å². The van der Waals surface area contributed by atoms with E-state index in [4.69, 9.17) is 0 Å². The van der Waals surface area contributed by atoms with Crippen molar-refractivity contribution >= 4 is 22.4 Å². The molecule has 1 aliphatic carbocycles. The third-order valence-electron chi connectivity index (χ3n) is 6.48. The second kappa shape index (κ2) is 9.85. The Bertz CT molecular complexity index is 1180. The highest BCUT2D eigenvalue weighted by Gasteiger charge is 2.41. The standard InChI is InChI=1S/C29H33NO3S/c1-19-24(22-13-9-6-10-14-22)25(28(32)33)27(34(19)30-29(2,3)4)26(31)23-17-15-21(16-18-23)20-11-7-5-8-12-20/h6,9-10,13-18,20,30H,5,7-8,11-12H2,1-4H3/p+1. The van der Waals surface area contributed by atoms with E-state index in [-0.39, 0.29) is 16.9 Å². The van der Waals surface area contributed by atoms with Crippen LogP contribution < -0.4 is 4.72 Å². The van der Waals surface area contributed by atoms with Crippen LogP contribution in [0.25, 0.3) is 11.1 Å². The number of carboxylic acid groups (broad SMARTS) is 1. The molecule has 2 N–H and O–H groups in total. The lowest BCUT2D eigenvalue weighted by Crippen LogP contribution is -2.26. The van der Waals surface area contributed by atoms with Gasteiger partial charge in [-0.2, -0.15) is 0 Å². The van der Waals surface area contributed by atoms with Gasteiger partial charge in [0.15, 0.2) is 4.88 Å². The van der Waals surface area contributed by atoms with Crippen molar-refractivity contribution in [1.29, 1.82) is 0 Å². The monoisotopic (exact) mass is 476 g/mol. The molecular weight excluding hydrogens is 442 g/mol. The maximum absolute atomic E-state index is 13.9. The van der Waals surface area contributed by atoms with Crippen LogP contribution in [0.15, 0.2) is 54.6 Å². The molecule has 0 radical (unpaired) electrons. The quantitative estimate of drug-likeness (QED) is 0.282. The van der Waals surface area contributed by atoms with Crippen molar-refractivity contribution < 1.29 is 14.7 Å². The first-order valence-electron chi connectivity index (χ1n) is 12.1. The average molecular weight is 477 g/mol. The number of carboxylic acids is 1. The predicted octanol–water partition coefficient (Wildman–Crippen LogP) is 7.73. The lowest BCUT2D eigenvalue weighted by molar-refractivity contribution is 0.0694. The van der Waals surface area contributed by atoms with E-state index >= 15 is 0 Å². The Morgan fingerprint density at radius 2 is 1.56 bits per heavy atom. The van der Waals surface area contributed by atoms with E-state index in [1.54, 1.807) is 0 Å². The topological polar surface area (TPSA) is 66.4 Å². The van der Waals surface area contributed by atoms with Gasteiger partial charge in [-0.05, 0) is 50.7 Å². The van der Waals surface area contributed by atoms with Crippen molar-refractivity contribution in [2.24, 2.45) is 0 Å². The van der Waals surface area contributed by atoms with E-state index in [1.807, 2.05) is 70.2 Å². The average Bonchev–Trinajstić information content (AvgIpc) is 3.10. The fourth-order valence-electron chi connectivity index (χ4n) is 4.92. The summed E-state index contributed by atoms with van der Waals surface area (Å²) < 4.78 is 3.54. The van der Waals surface area contributed by atoms with Crippen LogP contribution in [0, 0.1) is 6.92 Å². The molecule has 1 aliphatic rings. The van der Waals surface area contributed by atoms with Crippen molar-refractivity contribution in [3.63, 3.8) is 0 Å². The fraction of sp³-hybridized carbons (Fsp3) is 0.379. The van der Waals surface area contributed by atoms with Crippen LogP contribution in [0.2, 0.25) is 0 Å². The maximum atomic E-state index is 13.9. The second-order valence-corrected chi connectivity index (χ2v) is 12.1. The highest BCUT2D eigenvalue weighted by molar-refractivity contribution is 7.35. The molecule has 1 fully saturated rings. The minimum atomic E-state index is -1.06. The van der Waals surface area contributed by atoms with E-state index in [0.717, 1.165) is 10.4 Å². The summed E-state index contributed by atoms with van der Waals surface area (Å²) in [6, 6.07) is 17.4. The molecule has 178 valence electrons. The van der Waals surface area contributed by atoms with Crippen molar-refractivity contribution in [3.8, 4) is 11.1 Å². The van der Waals surface area contributed by atoms with Gasteiger partial charge in [-0.3, -0.25) is 4.79 Å². The number of hydrogen-bond acceptors (Lipinski definition) is 3. The molecule has 0 aliphatic heterocycles. The van der Waals surface area contributed by atoms with Gasteiger partial charge in [-0.25, -0.2) is 4.79 Å². The molecule has 4 rings (SSSR count).